The second-order valence-electron chi connectivity index (χ2n) is 20.1. The molecule has 2 heterocycles. The number of rotatable bonds is 9. The molecule has 6 fully saturated rings. The predicted molar refractivity (Wildman–Crippen MR) is 200 cm³/mol. The first-order valence-electron chi connectivity index (χ1n) is 20.7. The maximum atomic E-state index is 14.6. The number of hydrogen-bond acceptors (Lipinski definition) is 13. The molecule has 20 atom stereocenters. The van der Waals surface area contributed by atoms with Crippen molar-refractivity contribution < 1.29 is 64.6 Å². The molecule has 2 aliphatic heterocycles. The minimum absolute atomic E-state index is 0.0285. The van der Waals surface area contributed by atoms with Gasteiger partial charge in [0.15, 0.2) is 12.6 Å². The van der Waals surface area contributed by atoms with E-state index in [9.17, 15) is 45.6 Å². The van der Waals surface area contributed by atoms with E-state index in [1.54, 1.807) is 6.92 Å². The zero-order chi connectivity index (χ0) is 40.8. The molecule has 3 unspecified atom stereocenters. The normalized spacial score (nSPS) is 52.1. The first kappa shape index (κ1) is 43.5. The molecule has 0 spiro atoms. The van der Waals surface area contributed by atoms with E-state index in [-0.39, 0.29) is 28.4 Å². The largest absolute Gasteiger partial charge is 0.394 e. The van der Waals surface area contributed by atoms with Crippen LogP contribution in [0.5, 0.6) is 0 Å². The lowest BCUT2D eigenvalue weighted by Gasteiger charge is -2.69. The number of ketones is 1. The van der Waals surface area contributed by atoms with E-state index < -0.39 is 108 Å². The average molecular weight is 783 g/mol. The highest BCUT2D eigenvalue weighted by Crippen LogP contribution is 2.75. The van der Waals surface area contributed by atoms with Crippen molar-refractivity contribution in [1.82, 2.24) is 0 Å². The van der Waals surface area contributed by atoms with Gasteiger partial charge in [-0.25, -0.2) is 0 Å². The lowest BCUT2D eigenvalue weighted by Crippen LogP contribution is -2.67. The number of carbonyl (C=O) groups excluding carboxylic acids is 1. The van der Waals surface area contributed by atoms with Gasteiger partial charge in [0, 0.05) is 18.3 Å². The summed E-state index contributed by atoms with van der Waals surface area (Å²) in [5, 5.41) is 87.1. The van der Waals surface area contributed by atoms with Gasteiger partial charge in [-0.2, -0.15) is 0 Å². The second kappa shape index (κ2) is 15.2. The molecule has 0 radical (unpaired) electrons. The van der Waals surface area contributed by atoms with Crippen molar-refractivity contribution in [3.63, 3.8) is 0 Å². The zero-order valence-corrected chi connectivity index (χ0v) is 34.3. The quantitative estimate of drug-likeness (QED) is 0.125. The van der Waals surface area contributed by atoms with E-state index in [2.05, 4.69) is 40.7 Å². The molecule has 6 rings (SSSR count). The Morgan fingerprint density at radius 1 is 0.855 bits per heavy atom. The summed E-state index contributed by atoms with van der Waals surface area (Å²) in [4.78, 5) is 14.6. The number of Topliss-reactive ketones (excluding diaryl/α,β-unsaturated/α-hetero) is 1. The van der Waals surface area contributed by atoms with Gasteiger partial charge in [-0.15, -0.1) is 0 Å². The van der Waals surface area contributed by atoms with Crippen LogP contribution in [0.15, 0.2) is 11.6 Å². The van der Waals surface area contributed by atoms with Crippen molar-refractivity contribution in [2.24, 2.45) is 45.3 Å². The molecule has 0 aromatic rings. The standard InChI is InChI=1S/C42H70O13/c1-20(2)11-10-14-42(9,51)29-23(45)18-41(8)28(29)22(44)17-26-39(6)15-13-27(38(4,5)25(39)12-16-40(26,41)7)54-37-35(33(49)31(47)24(19-43)53-37)55-36-34(50)32(48)30(46)21(3)52-36/h11,21,23-37,43,45-51H,10,12-19H2,1-9H3/t21-,23-,24+,25?,26+,27-,28?,29?,30-,31+,32+,33-,34+,35+,36-,37-,39-,40+,41+,42-/m0/s1. The Hall–Kier alpha value is -1.07. The van der Waals surface area contributed by atoms with Gasteiger partial charge in [0.25, 0.3) is 0 Å². The number of allylic oxidation sites excluding steroid dienone is 2. The summed E-state index contributed by atoms with van der Waals surface area (Å²) in [6, 6.07) is 0. The van der Waals surface area contributed by atoms with Crippen LogP contribution >= 0.6 is 0 Å². The number of fused-ring (bicyclic) bond motifs is 5. The molecule has 6 aliphatic rings. The molecule has 13 heteroatoms. The Morgan fingerprint density at radius 2 is 1.53 bits per heavy atom. The fourth-order valence-corrected chi connectivity index (χ4v) is 13.0. The summed E-state index contributed by atoms with van der Waals surface area (Å²) < 4.78 is 24.4. The summed E-state index contributed by atoms with van der Waals surface area (Å²) >= 11 is 0. The Bertz CT molecular complexity index is 1430. The lowest BCUT2D eigenvalue weighted by atomic mass is 9.35. The van der Waals surface area contributed by atoms with Crippen LogP contribution < -0.4 is 0 Å². The maximum Gasteiger partial charge on any atom is 0.187 e. The van der Waals surface area contributed by atoms with Crippen molar-refractivity contribution in [3.05, 3.63) is 11.6 Å². The summed E-state index contributed by atoms with van der Waals surface area (Å²) in [6.07, 6.45) is -8.21. The SMILES string of the molecule is CC(C)=CCC[C@](C)(O)C1C2C(=O)C[C@@H]3[C@@]4(C)CC[C@H](O[C@@H]5O[C@H](CO)[C@@H](O)[C@H](O)[C@H]5O[C@@H]5O[C@@H](C)[C@H](O)[C@@H](O)[C@H]5O)C(C)(C)C4CC[C@@]3(C)[C@]2(C)C[C@@H]1O. The van der Waals surface area contributed by atoms with Crippen LogP contribution in [0.25, 0.3) is 0 Å². The van der Waals surface area contributed by atoms with E-state index in [1.165, 1.54) is 12.5 Å². The van der Waals surface area contributed by atoms with Gasteiger partial charge in [0.2, 0.25) is 0 Å². The Kier molecular flexibility index (Phi) is 12.0. The maximum absolute atomic E-state index is 14.6. The van der Waals surface area contributed by atoms with Crippen molar-refractivity contribution in [3.8, 4) is 0 Å². The van der Waals surface area contributed by atoms with E-state index in [1.807, 2.05) is 13.8 Å². The fraction of sp³-hybridized carbons (Fsp3) is 0.929. The van der Waals surface area contributed by atoms with E-state index >= 15 is 0 Å². The van der Waals surface area contributed by atoms with Gasteiger partial charge in [0.05, 0.1) is 30.5 Å². The minimum atomic E-state index is -1.67. The van der Waals surface area contributed by atoms with Crippen LogP contribution in [0.3, 0.4) is 0 Å². The number of hydrogen-bond donors (Lipinski definition) is 8. The highest BCUT2D eigenvalue weighted by Gasteiger charge is 2.73. The monoisotopic (exact) mass is 782 g/mol. The molecule has 2 saturated heterocycles. The molecule has 13 nitrogen and oxygen atoms in total. The lowest BCUT2D eigenvalue weighted by molar-refractivity contribution is -0.376. The molecule has 0 aromatic heterocycles. The van der Waals surface area contributed by atoms with E-state index in [4.69, 9.17) is 18.9 Å². The summed E-state index contributed by atoms with van der Waals surface area (Å²) in [5.41, 5.74) is -1.57. The van der Waals surface area contributed by atoms with Crippen molar-refractivity contribution in [2.45, 2.75) is 193 Å². The molecule has 4 saturated carbocycles. The highest BCUT2D eigenvalue weighted by molar-refractivity contribution is 5.84. The Balaban J connectivity index is 1.24. The van der Waals surface area contributed by atoms with Crippen LogP contribution in [0.4, 0.5) is 0 Å². The third kappa shape index (κ3) is 7.01. The Morgan fingerprint density at radius 3 is 2.16 bits per heavy atom. The van der Waals surface area contributed by atoms with E-state index in [0.29, 0.717) is 32.1 Å². The fourth-order valence-electron chi connectivity index (χ4n) is 13.0. The summed E-state index contributed by atoms with van der Waals surface area (Å²) in [7, 11) is 0. The molecule has 0 amide bonds. The van der Waals surface area contributed by atoms with Crippen molar-refractivity contribution in [2.75, 3.05) is 6.61 Å². The molecule has 0 bridgehead atoms. The molecular formula is C42H70O13. The Labute approximate surface area is 326 Å². The van der Waals surface area contributed by atoms with Crippen molar-refractivity contribution >= 4 is 5.78 Å². The molecule has 0 aromatic carbocycles. The van der Waals surface area contributed by atoms with Gasteiger partial charge in [-0.3, -0.25) is 4.79 Å². The van der Waals surface area contributed by atoms with Crippen molar-refractivity contribution in [1.29, 1.82) is 0 Å². The molecule has 8 N–H and O–H groups in total. The van der Waals surface area contributed by atoms with Gasteiger partial charge in [-0.05, 0) is 106 Å². The van der Waals surface area contributed by atoms with Gasteiger partial charge in [0.1, 0.15) is 48.5 Å². The molecule has 55 heavy (non-hydrogen) atoms. The summed E-state index contributed by atoms with van der Waals surface area (Å²) in [5.74, 6) is -0.727. The number of carbonyl (C=O) groups is 1. The van der Waals surface area contributed by atoms with E-state index in [0.717, 1.165) is 19.3 Å². The van der Waals surface area contributed by atoms with Crippen LogP contribution in [-0.2, 0) is 23.7 Å². The minimum Gasteiger partial charge on any atom is -0.394 e. The molecular weight excluding hydrogens is 712 g/mol. The van der Waals surface area contributed by atoms with Crippen LogP contribution in [0.2, 0.25) is 0 Å². The first-order valence-corrected chi connectivity index (χ1v) is 20.7. The third-order valence-electron chi connectivity index (χ3n) is 16.3. The second-order valence-corrected chi connectivity index (χ2v) is 20.1. The highest BCUT2D eigenvalue weighted by atomic mass is 16.8. The number of aliphatic hydroxyl groups excluding tert-OH is 7. The number of aliphatic hydroxyl groups is 8. The topological polar surface area (TPSA) is 216 Å². The summed E-state index contributed by atoms with van der Waals surface area (Å²) in [6.45, 7) is 17.9. The first-order chi connectivity index (χ1) is 25.5. The van der Waals surface area contributed by atoms with Gasteiger partial charge in [-0.1, -0.05) is 46.3 Å². The number of ether oxygens (including phenoxy) is 4. The van der Waals surface area contributed by atoms with Crippen LogP contribution in [0.1, 0.15) is 114 Å². The van der Waals surface area contributed by atoms with Gasteiger partial charge >= 0.3 is 0 Å². The molecule has 316 valence electrons. The van der Waals surface area contributed by atoms with Crippen LogP contribution in [-0.4, -0.2) is 132 Å². The third-order valence-corrected chi connectivity index (χ3v) is 16.3. The smallest absolute Gasteiger partial charge is 0.187 e. The van der Waals surface area contributed by atoms with Crippen LogP contribution in [0, 0.1) is 45.3 Å². The molecule has 4 aliphatic carbocycles. The van der Waals surface area contributed by atoms with Gasteiger partial charge < -0.3 is 59.8 Å². The average Bonchev–Trinajstić information content (AvgIpc) is 3.40. The predicted octanol–water partition coefficient (Wildman–Crippen LogP) is 2.36. The zero-order valence-electron chi connectivity index (χ0n) is 34.3.